The van der Waals surface area contributed by atoms with Gasteiger partial charge < -0.3 is 0 Å². The van der Waals surface area contributed by atoms with Crippen LogP contribution in [0.25, 0.3) is 0 Å². The molecule has 0 saturated heterocycles. The Morgan fingerprint density at radius 2 is 1.70 bits per heavy atom. The second kappa shape index (κ2) is 8.13. The number of carbonyl (C=O) groups excluding carboxylic acids is 1. The van der Waals surface area contributed by atoms with Crippen molar-refractivity contribution in [1.82, 2.24) is 0 Å². The molecule has 20 heavy (non-hydrogen) atoms. The van der Waals surface area contributed by atoms with Crippen molar-refractivity contribution < 1.29 is 9.22 Å². The van der Waals surface area contributed by atoms with Gasteiger partial charge in [-0.3, -0.25) is 0 Å². The van der Waals surface area contributed by atoms with E-state index in [-0.39, 0.29) is 5.04 Å². The summed E-state index contributed by atoms with van der Waals surface area (Å²) in [6, 6.07) is 0. The van der Waals surface area contributed by atoms with Gasteiger partial charge >= 0.3 is 131 Å². The van der Waals surface area contributed by atoms with Gasteiger partial charge in [-0.1, -0.05) is 0 Å². The van der Waals surface area contributed by atoms with E-state index in [1.807, 2.05) is 6.08 Å². The molecule has 0 aromatic carbocycles. The predicted molar refractivity (Wildman–Crippen MR) is 94.5 cm³/mol. The van der Waals surface area contributed by atoms with Crippen molar-refractivity contribution in [3.8, 4) is 0 Å². The van der Waals surface area contributed by atoms with Crippen LogP contribution in [0.1, 0.15) is 40.0 Å². The molecular weight excluding hydrogens is 371 g/mol. The van der Waals surface area contributed by atoms with Gasteiger partial charge in [0.2, 0.25) is 0 Å². The van der Waals surface area contributed by atoms with Crippen molar-refractivity contribution in [2.24, 2.45) is 0 Å². The monoisotopic (exact) mass is 406 g/mol. The molecule has 0 N–H and O–H groups in total. The van der Waals surface area contributed by atoms with E-state index in [2.05, 4.69) is 48.7 Å². The third-order valence-corrected chi connectivity index (χ3v) is 15.6. The van der Waals surface area contributed by atoms with Crippen molar-refractivity contribution in [1.29, 1.82) is 0 Å². The van der Waals surface area contributed by atoms with Crippen LogP contribution in [0.3, 0.4) is 0 Å². The Bertz CT molecular complexity index is 335. The molecule has 0 saturated carbocycles. The van der Waals surface area contributed by atoms with E-state index in [1.165, 1.54) is 3.59 Å². The molecule has 0 rings (SSSR count). The summed E-state index contributed by atoms with van der Waals surface area (Å²) in [7, 11) is -1.59. The standard InChI is InChI=1S/C13H25O2Si.3CH3.Sn/c1-13(2,3)16(4,5)15-12-10-8-6-7-9-11-14;;;;/h9,11H,6,8,10,12H2,1-5H3;3*1H3;. The first-order chi connectivity index (χ1) is 8.92. The Morgan fingerprint density at radius 1 is 1.15 bits per heavy atom. The number of allylic oxidation sites excluding steroid dienone is 2. The average molecular weight is 405 g/mol. The minimum atomic E-state index is -2.06. The summed E-state index contributed by atoms with van der Waals surface area (Å²) in [6.07, 6.45) is 6.11. The molecule has 0 aromatic heterocycles. The molecule has 0 aliphatic heterocycles. The minimum absolute atomic E-state index is 0.289. The van der Waals surface area contributed by atoms with Gasteiger partial charge in [0.1, 0.15) is 0 Å². The Balaban J connectivity index is 4.16. The summed E-state index contributed by atoms with van der Waals surface area (Å²) in [5.74, 6) is 0. The van der Waals surface area contributed by atoms with Gasteiger partial charge in [-0.2, -0.15) is 0 Å². The zero-order valence-electron chi connectivity index (χ0n) is 14.8. The maximum absolute atomic E-state index is 10.7. The van der Waals surface area contributed by atoms with E-state index in [9.17, 15) is 4.79 Å². The number of hydrogen-bond donors (Lipinski definition) is 0. The van der Waals surface area contributed by atoms with Crippen molar-refractivity contribution in [3.63, 3.8) is 0 Å². The zero-order valence-corrected chi connectivity index (χ0v) is 18.7. The third-order valence-electron chi connectivity index (χ3n) is 4.34. The summed E-state index contributed by atoms with van der Waals surface area (Å²) in [5.41, 5.74) is 0. The van der Waals surface area contributed by atoms with Gasteiger partial charge in [0.15, 0.2) is 0 Å². The van der Waals surface area contributed by atoms with Gasteiger partial charge in [0.05, 0.1) is 0 Å². The van der Waals surface area contributed by atoms with Gasteiger partial charge in [-0.25, -0.2) is 0 Å². The van der Waals surface area contributed by atoms with Crippen molar-refractivity contribution in [2.45, 2.75) is 73.0 Å². The summed E-state index contributed by atoms with van der Waals surface area (Å²) >= 11 is -2.06. The quantitative estimate of drug-likeness (QED) is 0.241. The van der Waals surface area contributed by atoms with E-state index in [0.29, 0.717) is 0 Å². The van der Waals surface area contributed by atoms with Crippen LogP contribution in [-0.4, -0.2) is 39.6 Å². The molecule has 0 aliphatic carbocycles. The van der Waals surface area contributed by atoms with Crippen LogP contribution in [0.15, 0.2) is 9.67 Å². The molecule has 0 heterocycles. The molecule has 0 aliphatic rings. The molecule has 0 radical (unpaired) electrons. The molecule has 4 heteroatoms. The Morgan fingerprint density at radius 3 is 2.10 bits per heavy atom. The van der Waals surface area contributed by atoms with Crippen LogP contribution < -0.4 is 0 Å². The third kappa shape index (κ3) is 7.41. The van der Waals surface area contributed by atoms with Gasteiger partial charge in [0, 0.05) is 0 Å². The summed E-state index contributed by atoms with van der Waals surface area (Å²) in [5, 5.41) is 0.289. The van der Waals surface area contributed by atoms with Gasteiger partial charge in [0.25, 0.3) is 0 Å². The van der Waals surface area contributed by atoms with Crippen molar-refractivity contribution >= 4 is 33.0 Å². The molecule has 0 spiro atoms. The second-order valence-corrected chi connectivity index (χ2v) is 27.6. The number of carbonyl (C=O) groups is 1. The first-order valence-corrected chi connectivity index (χ1v) is 20.6. The van der Waals surface area contributed by atoms with Crippen molar-refractivity contribution in [3.05, 3.63) is 9.67 Å². The zero-order chi connectivity index (χ0) is 16.0. The van der Waals surface area contributed by atoms with E-state index in [1.54, 1.807) is 0 Å². The van der Waals surface area contributed by atoms with E-state index >= 15 is 0 Å². The van der Waals surface area contributed by atoms with Crippen LogP contribution in [-0.2, 0) is 9.22 Å². The van der Waals surface area contributed by atoms with Crippen molar-refractivity contribution in [2.75, 3.05) is 6.61 Å². The topological polar surface area (TPSA) is 26.3 Å². The SMILES string of the molecule is CC(C)(C)[Si](C)(C)OCCCC/[C](=C/C=O)[Sn]([CH3])([CH3])[CH3]. The molecule has 0 amide bonds. The van der Waals surface area contributed by atoms with E-state index in [4.69, 9.17) is 4.43 Å². The van der Waals surface area contributed by atoms with Crippen LogP contribution in [0.2, 0.25) is 33.0 Å². The number of unbranched alkanes of at least 4 members (excludes halogenated alkanes) is 1. The summed E-state index contributed by atoms with van der Waals surface area (Å²) in [6.45, 7) is 12.3. The first-order valence-electron chi connectivity index (χ1n) is 7.70. The average Bonchev–Trinajstić information content (AvgIpc) is 2.24. The fourth-order valence-electron chi connectivity index (χ4n) is 1.75. The van der Waals surface area contributed by atoms with E-state index < -0.39 is 26.7 Å². The van der Waals surface area contributed by atoms with Crippen LogP contribution >= 0.6 is 0 Å². The number of aldehydes is 1. The summed E-state index contributed by atoms with van der Waals surface area (Å²) in [4.78, 5) is 17.8. The fourth-order valence-corrected chi connectivity index (χ4v) is 7.11. The molecule has 0 fully saturated rings. The summed E-state index contributed by atoms with van der Waals surface area (Å²) < 4.78 is 7.63. The molecular formula is C16H34O2SiSn. The second-order valence-electron chi connectivity index (χ2n) is 8.14. The van der Waals surface area contributed by atoms with Crippen LogP contribution in [0.4, 0.5) is 0 Å². The fraction of sp³-hybridized carbons (Fsp3) is 0.812. The molecule has 0 bridgehead atoms. The molecule has 0 aromatic rings. The number of hydrogen-bond acceptors (Lipinski definition) is 2. The Hall–Kier alpha value is 0.386. The number of rotatable bonds is 8. The Labute approximate surface area is 131 Å². The normalized spacial score (nSPS) is 14.5. The molecule has 2 nitrogen and oxygen atoms in total. The predicted octanol–water partition coefficient (Wildman–Crippen LogP) is 5.18. The van der Waals surface area contributed by atoms with Gasteiger partial charge in [-0.05, 0) is 0 Å². The Kier molecular flexibility index (Phi) is 8.29. The van der Waals surface area contributed by atoms with Crippen LogP contribution in [0.5, 0.6) is 0 Å². The maximum atomic E-state index is 10.7. The molecule has 0 atom stereocenters. The van der Waals surface area contributed by atoms with Gasteiger partial charge in [-0.15, -0.1) is 0 Å². The molecule has 118 valence electrons. The first kappa shape index (κ1) is 20.4. The van der Waals surface area contributed by atoms with Crippen LogP contribution in [0, 0.1) is 0 Å². The molecule has 0 unspecified atom stereocenters. The van der Waals surface area contributed by atoms with E-state index in [0.717, 1.165) is 32.2 Å².